The molecule has 6 heteroatoms. The van der Waals surface area contributed by atoms with Crippen LogP contribution in [-0.4, -0.2) is 32.9 Å². The van der Waals surface area contributed by atoms with E-state index >= 15 is 0 Å². The summed E-state index contributed by atoms with van der Waals surface area (Å²) in [7, 11) is 0. The van der Waals surface area contributed by atoms with E-state index in [0.717, 1.165) is 19.0 Å². The van der Waals surface area contributed by atoms with Crippen LogP contribution in [0.5, 0.6) is 0 Å². The van der Waals surface area contributed by atoms with Crippen LogP contribution in [0, 0.1) is 12.8 Å². The average Bonchev–Trinajstić information content (AvgIpc) is 2.55. The average molecular weight is 326 g/mol. The molecule has 0 saturated carbocycles. The summed E-state index contributed by atoms with van der Waals surface area (Å²) in [4.78, 5) is 14.5. The lowest BCUT2D eigenvalue weighted by atomic mass is 9.90. The van der Waals surface area contributed by atoms with Gasteiger partial charge in [0.1, 0.15) is 5.82 Å². The molecule has 0 amide bonds. The fourth-order valence-electron chi connectivity index (χ4n) is 3.29. The van der Waals surface area contributed by atoms with Gasteiger partial charge in [-0.2, -0.15) is 15.0 Å². The minimum absolute atomic E-state index is 0.200. The molecular formula is C18H26N6. The van der Waals surface area contributed by atoms with E-state index in [0.29, 0.717) is 12.4 Å². The zero-order valence-electron chi connectivity index (χ0n) is 14.3. The molecule has 0 unspecified atom stereocenters. The summed E-state index contributed by atoms with van der Waals surface area (Å²) in [6, 6.07) is 8.90. The number of benzene rings is 1. The summed E-state index contributed by atoms with van der Waals surface area (Å²) >= 11 is 0. The summed E-state index contributed by atoms with van der Waals surface area (Å²) < 4.78 is 0. The molecule has 1 saturated heterocycles. The van der Waals surface area contributed by atoms with Crippen LogP contribution >= 0.6 is 0 Å². The molecule has 0 bridgehead atoms. The van der Waals surface area contributed by atoms with Gasteiger partial charge in [-0.15, -0.1) is 0 Å². The van der Waals surface area contributed by atoms with Gasteiger partial charge in [-0.05, 0) is 57.2 Å². The topological polar surface area (TPSA) is 94.0 Å². The third-order valence-corrected chi connectivity index (χ3v) is 4.75. The summed E-state index contributed by atoms with van der Waals surface area (Å²) in [5.41, 5.74) is 14.0. The van der Waals surface area contributed by atoms with Crippen LogP contribution < -0.4 is 11.5 Å². The first-order valence-corrected chi connectivity index (χ1v) is 8.62. The van der Waals surface area contributed by atoms with Crippen LogP contribution in [0.4, 0.5) is 11.9 Å². The highest BCUT2D eigenvalue weighted by molar-refractivity contribution is 5.25. The molecule has 0 aliphatic carbocycles. The zero-order valence-corrected chi connectivity index (χ0v) is 14.3. The Bertz CT molecular complexity index is 641. The van der Waals surface area contributed by atoms with Gasteiger partial charge >= 0.3 is 0 Å². The van der Waals surface area contributed by atoms with Gasteiger partial charge < -0.3 is 11.5 Å². The van der Waals surface area contributed by atoms with Crippen molar-refractivity contribution in [2.75, 3.05) is 24.6 Å². The lowest BCUT2D eigenvalue weighted by Gasteiger charge is -2.31. The number of anilines is 2. The first-order chi connectivity index (χ1) is 11.6. The Kier molecular flexibility index (Phi) is 5.25. The van der Waals surface area contributed by atoms with E-state index in [1.165, 1.54) is 36.8 Å². The molecule has 128 valence electrons. The van der Waals surface area contributed by atoms with Crippen LogP contribution in [0.25, 0.3) is 0 Å². The van der Waals surface area contributed by atoms with Crippen LogP contribution in [0.2, 0.25) is 0 Å². The molecule has 1 aliphatic heterocycles. The number of aryl methyl sites for hydroxylation is 2. The van der Waals surface area contributed by atoms with Gasteiger partial charge in [0.25, 0.3) is 0 Å². The summed E-state index contributed by atoms with van der Waals surface area (Å²) in [6.07, 6.45) is 4.89. The van der Waals surface area contributed by atoms with Crippen molar-refractivity contribution in [2.45, 2.75) is 39.2 Å². The lowest BCUT2D eigenvalue weighted by molar-refractivity contribution is 0.169. The minimum atomic E-state index is 0.200. The van der Waals surface area contributed by atoms with Crippen molar-refractivity contribution in [1.29, 1.82) is 0 Å². The zero-order chi connectivity index (χ0) is 16.9. The number of hydrogen-bond acceptors (Lipinski definition) is 6. The molecule has 0 spiro atoms. The van der Waals surface area contributed by atoms with E-state index in [2.05, 4.69) is 51.0 Å². The van der Waals surface area contributed by atoms with E-state index in [1.807, 2.05) is 0 Å². The van der Waals surface area contributed by atoms with Crippen LogP contribution in [0.3, 0.4) is 0 Å². The smallest absolute Gasteiger partial charge is 0.225 e. The molecule has 2 heterocycles. The quantitative estimate of drug-likeness (QED) is 0.874. The predicted octanol–water partition coefficient (Wildman–Crippen LogP) is 2.19. The Morgan fingerprint density at radius 1 is 1.00 bits per heavy atom. The number of hydrogen-bond donors (Lipinski definition) is 2. The number of piperidine rings is 1. The third kappa shape index (κ3) is 4.64. The molecule has 1 fully saturated rings. The Morgan fingerprint density at radius 2 is 1.62 bits per heavy atom. The Hall–Kier alpha value is -2.21. The van der Waals surface area contributed by atoms with E-state index in [9.17, 15) is 0 Å². The van der Waals surface area contributed by atoms with Gasteiger partial charge in [-0.3, -0.25) is 4.90 Å². The molecule has 0 radical (unpaired) electrons. The molecular weight excluding hydrogens is 300 g/mol. The van der Waals surface area contributed by atoms with Crippen LogP contribution in [0.15, 0.2) is 24.3 Å². The standard InChI is InChI=1S/C18H26N6/c1-13-2-4-14(5-3-13)6-7-15-8-10-24(11-9-15)12-16-21-17(19)23-18(20)22-16/h2-5,15H,6-12H2,1H3,(H4,19,20,21,22,23). The molecule has 3 rings (SSSR count). The van der Waals surface area contributed by atoms with Gasteiger partial charge in [0.2, 0.25) is 11.9 Å². The Balaban J connectivity index is 1.44. The fraction of sp³-hybridized carbons (Fsp3) is 0.500. The molecule has 4 N–H and O–H groups in total. The third-order valence-electron chi connectivity index (χ3n) is 4.75. The van der Waals surface area contributed by atoms with Crippen molar-refractivity contribution < 1.29 is 0 Å². The van der Waals surface area contributed by atoms with Crippen molar-refractivity contribution in [3.05, 3.63) is 41.2 Å². The molecule has 6 nitrogen and oxygen atoms in total. The van der Waals surface area contributed by atoms with E-state index in [1.54, 1.807) is 0 Å². The highest BCUT2D eigenvalue weighted by Gasteiger charge is 2.20. The van der Waals surface area contributed by atoms with Gasteiger partial charge in [0.15, 0.2) is 0 Å². The molecule has 0 atom stereocenters. The van der Waals surface area contributed by atoms with E-state index < -0.39 is 0 Å². The molecule has 24 heavy (non-hydrogen) atoms. The van der Waals surface area contributed by atoms with E-state index in [-0.39, 0.29) is 11.9 Å². The second-order valence-electron chi connectivity index (χ2n) is 6.71. The molecule has 2 aromatic rings. The predicted molar refractivity (Wildman–Crippen MR) is 96.2 cm³/mol. The maximum absolute atomic E-state index is 5.63. The van der Waals surface area contributed by atoms with Crippen molar-refractivity contribution in [3.8, 4) is 0 Å². The second-order valence-corrected chi connectivity index (χ2v) is 6.71. The highest BCUT2D eigenvalue weighted by atomic mass is 15.2. The maximum atomic E-state index is 5.63. The SMILES string of the molecule is Cc1ccc(CCC2CCN(Cc3nc(N)nc(N)n3)CC2)cc1. The van der Waals surface area contributed by atoms with Crippen LogP contribution in [0.1, 0.15) is 36.2 Å². The lowest BCUT2D eigenvalue weighted by Crippen LogP contribution is -2.34. The van der Waals surface area contributed by atoms with Gasteiger partial charge in [-0.25, -0.2) is 0 Å². The Labute approximate surface area is 143 Å². The Morgan fingerprint density at radius 3 is 2.25 bits per heavy atom. The van der Waals surface area contributed by atoms with Crippen molar-refractivity contribution in [3.63, 3.8) is 0 Å². The summed E-state index contributed by atoms with van der Waals surface area (Å²) in [6.45, 7) is 4.98. The molecule has 1 aliphatic rings. The summed E-state index contributed by atoms with van der Waals surface area (Å²) in [5.74, 6) is 1.87. The fourth-order valence-corrected chi connectivity index (χ4v) is 3.29. The van der Waals surface area contributed by atoms with Crippen molar-refractivity contribution in [2.24, 2.45) is 5.92 Å². The number of nitrogens with zero attached hydrogens (tertiary/aromatic N) is 4. The highest BCUT2D eigenvalue weighted by Crippen LogP contribution is 2.23. The molecule has 1 aromatic carbocycles. The maximum Gasteiger partial charge on any atom is 0.225 e. The van der Waals surface area contributed by atoms with Gasteiger partial charge in [-0.1, -0.05) is 29.8 Å². The minimum Gasteiger partial charge on any atom is -0.368 e. The molecule has 1 aromatic heterocycles. The summed E-state index contributed by atoms with van der Waals surface area (Å²) in [5, 5.41) is 0. The largest absolute Gasteiger partial charge is 0.368 e. The van der Waals surface area contributed by atoms with Crippen molar-refractivity contribution >= 4 is 11.9 Å². The number of rotatable bonds is 5. The monoisotopic (exact) mass is 326 g/mol. The number of aromatic nitrogens is 3. The van der Waals surface area contributed by atoms with Gasteiger partial charge in [0.05, 0.1) is 6.54 Å². The van der Waals surface area contributed by atoms with Crippen LogP contribution in [-0.2, 0) is 13.0 Å². The second kappa shape index (κ2) is 7.57. The van der Waals surface area contributed by atoms with Gasteiger partial charge in [0, 0.05) is 0 Å². The first-order valence-electron chi connectivity index (χ1n) is 8.62. The number of likely N-dealkylation sites (tertiary alicyclic amines) is 1. The first kappa shape index (κ1) is 16.6. The normalized spacial score (nSPS) is 16.4. The van der Waals surface area contributed by atoms with Crippen molar-refractivity contribution in [1.82, 2.24) is 19.9 Å². The van der Waals surface area contributed by atoms with E-state index in [4.69, 9.17) is 11.5 Å². The number of nitrogens with two attached hydrogens (primary N) is 2. The number of nitrogen functional groups attached to an aromatic ring is 2.